The number of hydroxylamine groups is 1. The second-order valence-electron chi connectivity index (χ2n) is 3.87. The third-order valence-corrected chi connectivity index (χ3v) is 2.79. The van der Waals surface area contributed by atoms with E-state index in [1.165, 1.54) is 0 Å². The van der Waals surface area contributed by atoms with E-state index >= 15 is 0 Å². The molecule has 0 aliphatic rings. The van der Waals surface area contributed by atoms with Gasteiger partial charge in [-0.15, -0.1) is 17.6 Å². The molecule has 108 valence electrons. The zero-order valence-electron chi connectivity index (χ0n) is 11.3. The second kappa shape index (κ2) is 9.00. The van der Waals surface area contributed by atoms with Gasteiger partial charge in [0.05, 0.1) is 0 Å². The summed E-state index contributed by atoms with van der Waals surface area (Å²) in [6.07, 6.45) is 0. The van der Waals surface area contributed by atoms with Crippen LogP contribution in [0.25, 0.3) is 0 Å². The average molecular weight is 287 g/mol. The van der Waals surface area contributed by atoms with Crippen LogP contribution >= 0.6 is 12.6 Å². The lowest BCUT2D eigenvalue weighted by molar-refractivity contribution is -0.321. The smallest absolute Gasteiger partial charge is 0.149 e. The Morgan fingerprint density at radius 1 is 1.42 bits per heavy atom. The van der Waals surface area contributed by atoms with E-state index in [0.717, 1.165) is 24.3 Å². The number of benzene rings is 1. The van der Waals surface area contributed by atoms with E-state index in [0.29, 0.717) is 12.3 Å². The topological polar surface area (TPSA) is 69.0 Å². The first-order valence-corrected chi connectivity index (χ1v) is 6.70. The van der Waals surface area contributed by atoms with Crippen LogP contribution < -0.4 is 21.1 Å². The van der Waals surface area contributed by atoms with Gasteiger partial charge in [-0.1, -0.05) is 0 Å². The number of nitrogens with two attached hydrogens (primary N) is 1. The Balaban J connectivity index is 2.52. The van der Waals surface area contributed by atoms with E-state index in [1.54, 1.807) is 0 Å². The maximum Gasteiger partial charge on any atom is 0.149 e. The summed E-state index contributed by atoms with van der Waals surface area (Å²) in [6, 6.07) is 5.88. The molecular weight excluding hydrogens is 266 g/mol. The van der Waals surface area contributed by atoms with Crippen molar-refractivity contribution in [1.82, 2.24) is 5.48 Å². The summed E-state index contributed by atoms with van der Waals surface area (Å²) in [6.45, 7) is 6.36. The standard InChI is InChI=1S/C12H21N3O3S/c1-3-15(7-6-14-18-16-9-19)11-4-5-12(17-13)10(2)8-11/h4-5,8,14,19H,3,6-7,9,13H2,1-2H3. The zero-order valence-corrected chi connectivity index (χ0v) is 12.2. The van der Waals surface area contributed by atoms with Crippen molar-refractivity contribution in [2.75, 3.05) is 30.5 Å². The molecular formula is C12H21N3O3S. The van der Waals surface area contributed by atoms with Crippen LogP contribution in [0.1, 0.15) is 12.5 Å². The molecule has 0 saturated heterocycles. The van der Waals surface area contributed by atoms with Crippen molar-refractivity contribution >= 4 is 18.3 Å². The van der Waals surface area contributed by atoms with Gasteiger partial charge in [0, 0.05) is 25.3 Å². The van der Waals surface area contributed by atoms with Gasteiger partial charge in [-0.3, -0.25) is 0 Å². The molecule has 0 spiro atoms. The van der Waals surface area contributed by atoms with Crippen LogP contribution in [0.5, 0.6) is 5.75 Å². The molecule has 0 radical (unpaired) electrons. The molecule has 19 heavy (non-hydrogen) atoms. The van der Waals surface area contributed by atoms with Crippen molar-refractivity contribution < 1.29 is 14.7 Å². The van der Waals surface area contributed by atoms with E-state index in [2.05, 4.69) is 39.8 Å². The minimum atomic E-state index is 0.213. The van der Waals surface area contributed by atoms with Gasteiger partial charge in [0.25, 0.3) is 0 Å². The van der Waals surface area contributed by atoms with Crippen LogP contribution in [0, 0.1) is 6.92 Å². The quantitative estimate of drug-likeness (QED) is 0.210. The fourth-order valence-electron chi connectivity index (χ4n) is 1.72. The Morgan fingerprint density at radius 2 is 2.21 bits per heavy atom. The molecule has 1 aromatic rings. The summed E-state index contributed by atoms with van der Waals surface area (Å²) < 4.78 is 0. The summed E-state index contributed by atoms with van der Waals surface area (Å²) in [5.74, 6) is 6.07. The van der Waals surface area contributed by atoms with E-state index in [4.69, 9.17) is 10.7 Å². The summed E-state index contributed by atoms with van der Waals surface area (Å²) >= 11 is 3.85. The lowest BCUT2D eigenvalue weighted by Gasteiger charge is -2.23. The van der Waals surface area contributed by atoms with E-state index in [-0.39, 0.29) is 5.94 Å². The number of nitrogens with zero attached hydrogens (tertiary/aromatic N) is 1. The summed E-state index contributed by atoms with van der Waals surface area (Å²) in [5, 5.41) is 0. The monoisotopic (exact) mass is 287 g/mol. The molecule has 0 aromatic heterocycles. The fraction of sp³-hybridized carbons (Fsp3) is 0.500. The number of aryl methyl sites for hydroxylation is 1. The maximum absolute atomic E-state index is 5.18. The van der Waals surface area contributed by atoms with Gasteiger partial charge >= 0.3 is 0 Å². The predicted octanol–water partition coefficient (Wildman–Crippen LogP) is 1.41. The molecule has 0 fully saturated rings. The Labute approximate surface area is 119 Å². The predicted molar refractivity (Wildman–Crippen MR) is 77.9 cm³/mol. The molecule has 0 aliphatic heterocycles. The molecule has 0 unspecified atom stereocenters. The first-order chi connectivity index (χ1) is 9.22. The molecule has 0 heterocycles. The van der Waals surface area contributed by atoms with Gasteiger partial charge in [-0.25, -0.2) is 4.89 Å². The molecule has 6 nitrogen and oxygen atoms in total. The van der Waals surface area contributed by atoms with Crippen LogP contribution in [0.3, 0.4) is 0 Å². The molecule has 1 aromatic carbocycles. The van der Waals surface area contributed by atoms with Crippen molar-refractivity contribution in [3.05, 3.63) is 23.8 Å². The van der Waals surface area contributed by atoms with Gasteiger partial charge in [-0.2, -0.15) is 11.4 Å². The van der Waals surface area contributed by atoms with Crippen LogP contribution in [0.4, 0.5) is 5.69 Å². The second-order valence-corrected chi connectivity index (χ2v) is 4.13. The lowest BCUT2D eigenvalue weighted by Crippen LogP contribution is -2.32. The molecule has 3 N–H and O–H groups in total. The minimum Gasteiger partial charge on any atom is -0.411 e. The van der Waals surface area contributed by atoms with Crippen LogP contribution in [-0.4, -0.2) is 25.6 Å². The minimum absolute atomic E-state index is 0.213. The van der Waals surface area contributed by atoms with Crippen molar-refractivity contribution in [2.45, 2.75) is 13.8 Å². The van der Waals surface area contributed by atoms with Crippen molar-refractivity contribution in [3.63, 3.8) is 0 Å². The Morgan fingerprint density at radius 3 is 2.79 bits per heavy atom. The SMILES string of the molecule is CCN(CCNOOCS)c1ccc(ON)c(C)c1. The Kier molecular flexibility index (Phi) is 7.61. The third kappa shape index (κ3) is 5.25. The number of hydrogen-bond donors (Lipinski definition) is 3. The van der Waals surface area contributed by atoms with Gasteiger partial charge in [0.2, 0.25) is 0 Å². The molecule has 1 rings (SSSR count). The molecule has 0 saturated carbocycles. The van der Waals surface area contributed by atoms with E-state index in [9.17, 15) is 0 Å². The largest absolute Gasteiger partial charge is 0.411 e. The number of nitrogens with one attached hydrogen (secondary N) is 1. The third-order valence-electron chi connectivity index (χ3n) is 2.69. The van der Waals surface area contributed by atoms with Gasteiger partial charge in [0.1, 0.15) is 11.7 Å². The highest BCUT2D eigenvalue weighted by Gasteiger charge is 2.07. The molecule has 7 heteroatoms. The molecule has 0 bridgehead atoms. The summed E-state index contributed by atoms with van der Waals surface area (Å²) in [5.41, 5.74) is 4.81. The van der Waals surface area contributed by atoms with Crippen molar-refractivity contribution in [1.29, 1.82) is 0 Å². The maximum atomic E-state index is 5.18. The Hall–Kier alpha value is -0.990. The van der Waals surface area contributed by atoms with Crippen LogP contribution in [-0.2, 0) is 9.88 Å². The highest BCUT2D eigenvalue weighted by molar-refractivity contribution is 7.80. The normalized spacial score (nSPS) is 10.5. The van der Waals surface area contributed by atoms with Gasteiger partial charge in [-0.05, 0) is 37.6 Å². The van der Waals surface area contributed by atoms with Gasteiger partial charge in [0.15, 0.2) is 0 Å². The van der Waals surface area contributed by atoms with Gasteiger partial charge < -0.3 is 9.74 Å². The fourth-order valence-corrected chi connectivity index (χ4v) is 1.78. The highest BCUT2D eigenvalue weighted by Crippen LogP contribution is 2.23. The molecule has 0 amide bonds. The van der Waals surface area contributed by atoms with Crippen molar-refractivity contribution in [3.8, 4) is 5.75 Å². The highest BCUT2D eigenvalue weighted by atomic mass is 32.1. The van der Waals surface area contributed by atoms with Crippen LogP contribution in [0.2, 0.25) is 0 Å². The number of anilines is 1. The average Bonchev–Trinajstić information content (AvgIpc) is 2.43. The number of rotatable bonds is 9. The Bertz CT molecular complexity index is 379. The van der Waals surface area contributed by atoms with E-state index < -0.39 is 0 Å². The number of hydrogen-bond acceptors (Lipinski definition) is 7. The lowest BCUT2D eigenvalue weighted by atomic mass is 10.2. The van der Waals surface area contributed by atoms with Crippen molar-refractivity contribution in [2.24, 2.45) is 5.90 Å². The zero-order chi connectivity index (χ0) is 14.1. The molecule has 0 aliphatic carbocycles. The number of likely N-dealkylation sites (N-methyl/N-ethyl adjacent to an activating group) is 1. The first-order valence-electron chi connectivity index (χ1n) is 6.07. The number of thiol groups is 1. The summed E-state index contributed by atoms with van der Waals surface area (Å²) in [4.78, 5) is 16.3. The van der Waals surface area contributed by atoms with E-state index in [1.807, 2.05) is 25.1 Å². The molecule has 0 atom stereocenters. The summed E-state index contributed by atoms with van der Waals surface area (Å²) in [7, 11) is 0. The first kappa shape index (κ1) is 16.1. The van der Waals surface area contributed by atoms with Crippen LogP contribution in [0.15, 0.2) is 18.2 Å².